The average Bonchev–Trinajstić information content (AvgIpc) is 2.67. The summed E-state index contributed by atoms with van der Waals surface area (Å²) < 4.78 is 8.64. The van der Waals surface area contributed by atoms with Gasteiger partial charge in [-0.3, -0.25) is 0 Å². The smallest absolute Gasteiger partial charge is 0.201 e. The first kappa shape index (κ1) is 12.9. The average molecular weight is 324 g/mol. The molecule has 19 heavy (non-hydrogen) atoms. The third-order valence-electron chi connectivity index (χ3n) is 3.98. The van der Waals surface area contributed by atoms with Gasteiger partial charge < -0.3 is 15.0 Å². The Balaban J connectivity index is 1.99. The lowest BCUT2D eigenvalue weighted by molar-refractivity contribution is 0.0163. The lowest BCUT2D eigenvalue weighted by Gasteiger charge is -2.34. The van der Waals surface area contributed by atoms with E-state index in [9.17, 15) is 0 Å². The number of aromatic nitrogens is 2. The maximum atomic E-state index is 6.08. The Morgan fingerprint density at radius 3 is 2.89 bits per heavy atom. The van der Waals surface area contributed by atoms with Crippen molar-refractivity contribution in [1.82, 2.24) is 9.55 Å². The molecule has 2 heterocycles. The molecule has 4 nitrogen and oxygen atoms in total. The van der Waals surface area contributed by atoms with Crippen LogP contribution >= 0.6 is 15.9 Å². The number of hydrogen-bond acceptors (Lipinski definition) is 3. The van der Waals surface area contributed by atoms with Gasteiger partial charge in [-0.2, -0.15) is 0 Å². The van der Waals surface area contributed by atoms with Gasteiger partial charge in [0.1, 0.15) is 0 Å². The van der Waals surface area contributed by atoms with Gasteiger partial charge in [-0.05, 0) is 36.5 Å². The van der Waals surface area contributed by atoms with Crippen LogP contribution in [0.4, 0.5) is 5.95 Å². The number of halogens is 1. The molecule has 0 aliphatic carbocycles. The van der Waals surface area contributed by atoms with E-state index in [1.165, 1.54) is 0 Å². The number of hydrogen-bond donors (Lipinski definition) is 1. The summed E-state index contributed by atoms with van der Waals surface area (Å²) in [6.45, 7) is 4.88. The van der Waals surface area contributed by atoms with Crippen molar-refractivity contribution < 1.29 is 4.74 Å². The van der Waals surface area contributed by atoms with Crippen LogP contribution in [0.1, 0.15) is 19.8 Å². The molecule has 5 heteroatoms. The quantitative estimate of drug-likeness (QED) is 0.923. The van der Waals surface area contributed by atoms with E-state index in [-0.39, 0.29) is 5.41 Å². The van der Waals surface area contributed by atoms with Crippen molar-refractivity contribution in [3.05, 3.63) is 22.7 Å². The van der Waals surface area contributed by atoms with Crippen LogP contribution in [0.2, 0.25) is 0 Å². The molecule has 0 spiro atoms. The number of fused-ring (bicyclic) bond motifs is 1. The predicted octanol–water partition coefficient (Wildman–Crippen LogP) is 3.20. The van der Waals surface area contributed by atoms with E-state index in [2.05, 4.69) is 38.5 Å². The maximum absolute atomic E-state index is 6.08. The summed E-state index contributed by atoms with van der Waals surface area (Å²) >= 11 is 3.51. The largest absolute Gasteiger partial charge is 0.381 e. The SMILES string of the molecule is CC1(Cn2c(N)nc3ccc(Br)cc32)CCOCC1. The second-order valence-electron chi connectivity index (χ2n) is 5.61. The Bertz CT molecular complexity index is 602. The summed E-state index contributed by atoms with van der Waals surface area (Å²) in [7, 11) is 0. The zero-order valence-electron chi connectivity index (χ0n) is 11.0. The van der Waals surface area contributed by atoms with Crippen LogP contribution in [0, 0.1) is 5.41 Å². The van der Waals surface area contributed by atoms with Crippen LogP contribution in [0.25, 0.3) is 11.0 Å². The molecule has 0 saturated carbocycles. The number of ether oxygens (including phenoxy) is 1. The lowest BCUT2D eigenvalue weighted by atomic mass is 9.82. The van der Waals surface area contributed by atoms with E-state index in [1.807, 2.05) is 12.1 Å². The summed E-state index contributed by atoms with van der Waals surface area (Å²) in [5.41, 5.74) is 8.37. The minimum Gasteiger partial charge on any atom is -0.381 e. The Labute approximate surface area is 121 Å². The zero-order chi connectivity index (χ0) is 13.5. The molecule has 1 aliphatic heterocycles. The van der Waals surface area contributed by atoms with Gasteiger partial charge in [-0.25, -0.2) is 4.98 Å². The molecule has 2 N–H and O–H groups in total. The van der Waals surface area contributed by atoms with Crippen molar-refractivity contribution in [1.29, 1.82) is 0 Å². The number of nitrogen functional groups attached to an aromatic ring is 1. The Hall–Kier alpha value is -1.07. The van der Waals surface area contributed by atoms with Crippen LogP contribution in [-0.2, 0) is 11.3 Å². The van der Waals surface area contributed by atoms with Gasteiger partial charge >= 0.3 is 0 Å². The molecule has 2 aromatic rings. The molecule has 0 unspecified atom stereocenters. The maximum Gasteiger partial charge on any atom is 0.201 e. The van der Waals surface area contributed by atoms with Crippen molar-refractivity contribution in [2.45, 2.75) is 26.3 Å². The van der Waals surface area contributed by atoms with Crippen LogP contribution in [0.5, 0.6) is 0 Å². The van der Waals surface area contributed by atoms with E-state index >= 15 is 0 Å². The molecular weight excluding hydrogens is 306 g/mol. The predicted molar refractivity (Wildman–Crippen MR) is 80.0 cm³/mol. The van der Waals surface area contributed by atoms with Crippen molar-refractivity contribution in [2.24, 2.45) is 5.41 Å². The molecule has 0 radical (unpaired) electrons. The number of rotatable bonds is 2. The third-order valence-corrected chi connectivity index (χ3v) is 4.47. The Kier molecular flexibility index (Phi) is 3.27. The van der Waals surface area contributed by atoms with E-state index < -0.39 is 0 Å². The number of benzene rings is 1. The first-order valence-corrected chi connectivity index (χ1v) is 7.36. The lowest BCUT2D eigenvalue weighted by Crippen LogP contribution is -2.31. The minimum absolute atomic E-state index is 0.238. The number of anilines is 1. The second-order valence-corrected chi connectivity index (χ2v) is 6.53. The first-order chi connectivity index (χ1) is 9.07. The fraction of sp³-hybridized carbons (Fsp3) is 0.500. The van der Waals surface area contributed by atoms with E-state index in [0.717, 1.165) is 48.1 Å². The highest BCUT2D eigenvalue weighted by molar-refractivity contribution is 9.10. The summed E-state index contributed by atoms with van der Waals surface area (Å²) in [6, 6.07) is 6.08. The highest BCUT2D eigenvalue weighted by Gasteiger charge is 2.29. The normalized spacial score (nSPS) is 18.8. The van der Waals surface area contributed by atoms with Crippen LogP contribution in [-0.4, -0.2) is 22.8 Å². The van der Waals surface area contributed by atoms with Crippen molar-refractivity contribution in [3.63, 3.8) is 0 Å². The molecule has 0 amide bonds. The number of nitrogens with zero attached hydrogens (tertiary/aromatic N) is 2. The summed E-state index contributed by atoms with van der Waals surface area (Å²) in [6.07, 6.45) is 2.14. The molecule has 1 aromatic carbocycles. The second kappa shape index (κ2) is 4.80. The molecule has 1 fully saturated rings. The van der Waals surface area contributed by atoms with Crippen LogP contribution < -0.4 is 5.73 Å². The first-order valence-electron chi connectivity index (χ1n) is 6.56. The fourth-order valence-electron chi connectivity index (χ4n) is 2.68. The van der Waals surface area contributed by atoms with Gasteiger partial charge in [0, 0.05) is 24.2 Å². The topological polar surface area (TPSA) is 53.1 Å². The molecule has 1 saturated heterocycles. The molecule has 1 aromatic heterocycles. The van der Waals surface area contributed by atoms with Gasteiger partial charge in [0.15, 0.2) is 0 Å². The molecule has 0 bridgehead atoms. The number of imidazole rings is 1. The standard InChI is InChI=1S/C14H18BrN3O/c1-14(4-6-19-7-5-14)9-18-12-8-10(15)2-3-11(12)17-13(18)16/h2-3,8H,4-7,9H2,1H3,(H2,16,17). The van der Waals surface area contributed by atoms with Crippen molar-refractivity contribution in [2.75, 3.05) is 18.9 Å². The van der Waals surface area contributed by atoms with Gasteiger partial charge in [0.05, 0.1) is 11.0 Å². The molecule has 0 atom stereocenters. The zero-order valence-corrected chi connectivity index (χ0v) is 12.6. The Morgan fingerprint density at radius 2 is 2.16 bits per heavy atom. The van der Waals surface area contributed by atoms with Crippen molar-refractivity contribution in [3.8, 4) is 0 Å². The van der Waals surface area contributed by atoms with E-state index in [0.29, 0.717) is 5.95 Å². The minimum atomic E-state index is 0.238. The monoisotopic (exact) mass is 323 g/mol. The van der Waals surface area contributed by atoms with E-state index in [4.69, 9.17) is 10.5 Å². The van der Waals surface area contributed by atoms with Gasteiger partial charge in [-0.1, -0.05) is 22.9 Å². The third kappa shape index (κ3) is 2.49. The number of nitrogens with two attached hydrogens (primary N) is 1. The molecular formula is C14H18BrN3O. The molecule has 3 rings (SSSR count). The van der Waals surface area contributed by atoms with Crippen LogP contribution in [0.15, 0.2) is 22.7 Å². The van der Waals surface area contributed by atoms with Crippen LogP contribution in [0.3, 0.4) is 0 Å². The highest BCUT2D eigenvalue weighted by atomic mass is 79.9. The Morgan fingerprint density at radius 1 is 1.42 bits per heavy atom. The van der Waals surface area contributed by atoms with Crippen molar-refractivity contribution >= 4 is 32.9 Å². The summed E-state index contributed by atoms with van der Waals surface area (Å²) in [4.78, 5) is 4.44. The summed E-state index contributed by atoms with van der Waals surface area (Å²) in [5, 5.41) is 0. The van der Waals surface area contributed by atoms with Gasteiger partial charge in [0.25, 0.3) is 0 Å². The highest BCUT2D eigenvalue weighted by Crippen LogP contribution is 2.34. The van der Waals surface area contributed by atoms with Gasteiger partial charge in [-0.15, -0.1) is 0 Å². The van der Waals surface area contributed by atoms with Gasteiger partial charge in [0.2, 0.25) is 5.95 Å². The fourth-order valence-corrected chi connectivity index (χ4v) is 3.03. The summed E-state index contributed by atoms with van der Waals surface area (Å²) in [5.74, 6) is 0.598. The van der Waals surface area contributed by atoms with E-state index in [1.54, 1.807) is 0 Å². The molecule has 1 aliphatic rings. The molecule has 102 valence electrons.